The normalized spacial score (nSPS) is 11.8. The molecule has 0 spiro atoms. The second-order valence-electron chi connectivity index (χ2n) is 10.8. The predicted molar refractivity (Wildman–Crippen MR) is 160 cm³/mol. The molecule has 0 fully saturated rings. The van der Waals surface area contributed by atoms with E-state index in [0.29, 0.717) is 34.1 Å². The molecule has 3 rings (SSSR count). The lowest BCUT2D eigenvalue weighted by Gasteiger charge is -2.27. The average molecular weight is 610 g/mol. The Kier molecular flexibility index (Phi) is 12.0. The molecule has 3 aromatic rings. The van der Waals surface area contributed by atoms with Crippen molar-refractivity contribution >= 4 is 18.0 Å². The summed E-state index contributed by atoms with van der Waals surface area (Å²) >= 11 is 0. The van der Waals surface area contributed by atoms with Crippen molar-refractivity contribution in [3.63, 3.8) is 0 Å². The van der Waals surface area contributed by atoms with Crippen molar-refractivity contribution in [2.45, 2.75) is 59.0 Å². The number of nitrogens with zero attached hydrogens (tertiary/aromatic N) is 3. The van der Waals surface area contributed by atoms with E-state index in [4.69, 9.17) is 23.7 Å². The van der Waals surface area contributed by atoms with Crippen LogP contribution in [0.3, 0.4) is 0 Å². The van der Waals surface area contributed by atoms with E-state index in [9.17, 15) is 19.5 Å². The number of amides is 1. The second kappa shape index (κ2) is 15.7. The lowest BCUT2D eigenvalue weighted by atomic mass is 10.0. The van der Waals surface area contributed by atoms with Gasteiger partial charge in [0.05, 0.1) is 25.0 Å². The van der Waals surface area contributed by atoms with Gasteiger partial charge < -0.3 is 33.7 Å². The molecule has 0 aliphatic rings. The van der Waals surface area contributed by atoms with Crippen LogP contribution in [0.15, 0.2) is 54.7 Å². The molecule has 1 atom stereocenters. The van der Waals surface area contributed by atoms with Crippen LogP contribution >= 0.6 is 0 Å². The van der Waals surface area contributed by atoms with Crippen molar-refractivity contribution in [3.8, 4) is 22.9 Å². The molecule has 1 aromatic heterocycles. The van der Waals surface area contributed by atoms with Gasteiger partial charge in [-0.1, -0.05) is 24.3 Å². The fraction of sp³-hybridized carbons (Fsp3) is 0.406. The van der Waals surface area contributed by atoms with E-state index in [1.807, 2.05) is 24.3 Å². The van der Waals surface area contributed by atoms with Gasteiger partial charge in [-0.15, -0.1) is 0 Å². The topological polar surface area (TPSA) is 147 Å². The molecule has 0 bridgehead atoms. The summed E-state index contributed by atoms with van der Waals surface area (Å²) in [6.45, 7) is 7.24. The number of rotatable bonds is 14. The van der Waals surface area contributed by atoms with Gasteiger partial charge in [0.1, 0.15) is 23.7 Å². The summed E-state index contributed by atoms with van der Waals surface area (Å²) in [7, 11) is 3.11. The van der Waals surface area contributed by atoms with Crippen LogP contribution in [0.2, 0.25) is 0 Å². The van der Waals surface area contributed by atoms with Crippen LogP contribution in [0, 0.1) is 0 Å². The number of carboxylic acids is 1. The van der Waals surface area contributed by atoms with Gasteiger partial charge in [0, 0.05) is 39.7 Å². The maximum absolute atomic E-state index is 12.9. The number of para-hydroxylation sites is 1. The molecule has 0 saturated carbocycles. The van der Waals surface area contributed by atoms with Gasteiger partial charge >= 0.3 is 18.0 Å². The molecule has 0 aliphatic heterocycles. The van der Waals surface area contributed by atoms with Gasteiger partial charge in [-0.05, 0) is 56.2 Å². The van der Waals surface area contributed by atoms with Crippen molar-refractivity contribution in [2.75, 3.05) is 27.4 Å². The molecular formula is C32H39N3O9. The SMILES string of the molecule is COCCN(Cc1ccc(OCc2ccnc(-c3ccccc3OC)n2)c(CC(OC(C)=O)C(=O)O)c1)C(=O)OC(C)(C)C. The standard InChI is InChI=1S/C32H39N3O9/c1-21(36)43-28(30(37)38)18-23-17-22(19-35(15-16-40-5)31(39)44-32(2,3)4)11-12-26(23)42-20-24-13-14-33-29(34-24)25-9-7-8-10-27(25)41-6/h7-14,17,28H,15-16,18-20H2,1-6H3,(H,37,38). The Morgan fingerprint density at radius 3 is 2.43 bits per heavy atom. The van der Waals surface area contributed by atoms with Crippen LogP contribution in [0.1, 0.15) is 44.5 Å². The van der Waals surface area contributed by atoms with Crippen molar-refractivity contribution in [3.05, 3.63) is 71.5 Å². The number of methoxy groups -OCH3 is 2. The van der Waals surface area contributed by atoms with E-state index in [1.54, 1.807) is 58.3 Å². The third-order valence-corrected chi connectivity index (χ3v) is 6.14. The molecule has 44 heavy (non-hydrogen) atoms. The summed E-state index contributed by atoms with van der Waals surface area (Å²) in [6.07, 6.45) is -0.519. The van der Waals surface area contributed by atoms with Gasteiger partial charge in [-0.2, -0.15) is 0 Å². The highest BCUT2D eigenvalue weighted by atomic mass is 16.6. The quantitative estimate of drug-likeness (QED) is 0.254. The second-order valence-corrected chi connectivity index (χ2v) is 10.8. The minimum Gasteiger partial charge on any atom is -0.496 e. The van der Waals surface area contributed by atoms with E-state index in [0.717, 1.165) is 12.5 Å². The number of benzene rings is 2. The zero-order valence-corrected chi connectivity index (χ0v) is 25.9. The monoisotopic (exact) mass is 609 g/mol. The number of hydrogen-bond donors (Lipinski definition) is 1. The number of aromatic nitrogens is 2. The van der Waals surface area contributed by atoms with Crippen molar-refractivity contribution in [2.24, 2.45) is 0 Å². The first-order valence-corrected chi connectivity index (χ1v) is 14.0. The minimum atomic E-state index is -1.45. The van der Waals surface area contributed by atoms with E-state index < -0.39 is 29.7 Å². The Morgan fingerprint density at radius 1 is 1.02 bits per heavy atom. The molecule has 1 unspecified atom stereocenters. The van der Waals surface area contributed by atoms with Crippen LogP contribution < -0.4 is 9.47 Å². The van der Waals surface area contributed by atoms with Gasteiger partial charge in [0.25, 0.3) is 0 Å². The molecule has 1 amide bonds. The highest BCUT2D eigenvalue weighted by Gasteiger charge is 2.25. The van der Waals surface area contributed by atoms with Crippen LogP contribution in [0.4, 0.5) is 4.79 Å². The Bertz CT molecular complexity index is 1440. The lowest BCUT2D eigenvalue weighted by Crippen LogP contribution is -2.38. The molecule has 0 radical (unpaired) electrons. The molecule has 1 heterocycles. The molecule has 12 nitrogen and oxygen atoms in total. The first kappa shape index (κ1) is 33.8. The van der Waals surface area contributed by atoms with E-state index in [1.165, 1.54) is 12.0 Å². The Hall–Kier alpha value is -4.71. The van der Waals surface area contributed by atoms with Crippen molar-refractivity contribution in [1.82, 2.24) is 14.9 Å². The number of aliphatic carboxylic acids is 1. The van der Waals surface area contributed by atoms with Gasteiger partial charge in [-0.25, -0.2) is 19.6 Å². The average Bonchev–Trinajstić information content (AvgIpc) is 2.97. The fourth-order valence-electron chi connectivity index (χ4n) is 4.18. The third-order valence-electron chi connectivity index (χ3n) is 6.14. The van der Waals surface area contributed by atoms with Gasteiger partial charge in [0.15, 0.2) is 5.82 Å². The van der Waals surface area contributed by atoms with E-state index >= 15 is 0 Å². The van der Waals surface area contributed by atoms with Crippen molar-refractivity contribution in [1.29, 1.82) is 0 Å². The molecular weight excluding hydrogens is 570 g/mol. The first-order valence-electron chi connectivity index (χ1n) is 14.0. The number of carbonyl (C=O) groups excluding carboxylic acids is 2. The molecule has 2 aromatic carbocycles. The van der Waals surface area contributed by atoms with Crippen LogP contribution in [-0.4, -0.2) is 77.1 Å². The zero-order chi connectivity index (χ0) is 32.3. The van der Waals surface area contributed by atoms with Gasteiger partial charge in [0.2, 0.25) is 6.10 Å². The molecule has 0 aliphatic carbocycles. The summed E-state index contributed by atoms with van der Waals surface area (Å²) in [5.41, 5.74) is 1.74. The van der Waals surface area contributed by atoms with E-state index in [2.05, 4.69) is 9.97 Å². The Morgan fingerprint density at radius 2 is 1.77 bits per heavy atom. The molecule has 236 valence electrons. The highest BCUT2D eigenvalue weighted by Crippen LogP contribution is 2.28. The number of carboxylic acid groups (broad SMARTS) is 1. The summed E-state index contributed by atoms with van der Waals surface area (Å²) in [4.78, 5) is 46.9. The van der Waals surface area contributed by atoms with Crippen LogP contribution in [0.25, 0.3) is 11.4 Å². The van der Waals surface area contributed by atoms with Crippen LogP contribution in [0.5, 0.6) is 11.5 Å². The number of carbonyl (C=O) groups is 3. The largest absolute Gasteiger partial charge is 0.496 e. The van der Waals surface area contributed by atoms with E-state index in [-0.39, 0.29) is 32.7 Å². The van der Waals surface area contributed by atoms with Gasteiger partial charge in [-0.3, -0.25) is 4.79 Å². The summed E-state index contributed by atoms with van der Waals surface area (Å²) in [5, 5.41) is 9.73. The Balaban J connectivity index is 1.91. The predicted octanol–water partition coefficient (Wildman–Crippen LogP) is 4.67. The molecule has 12 heteroatoms. The Labute approximate surface area is 256 Å². The minimum absolute atomic E-state index is 0.0419. The smallest absolute Gasteiger partial charge is 0.410 e. The summed E-state index contributed by atoms with van der Waals surface area (Å²) in [6, 6.07) is 14.3. The highest BCUT2D eigenvalue weighted by molar-refractivity contribution is 5.77. The molecule has 0 saturated heterocycles. The summed E-state index contributed by atoms with van der Waals surface area (Å²) < 4.78 is 27.3. The number of esters is 1. The summed E-state index contributed by atoms with van der Waals surface area (Å²) in [5.74, 6) is -0.580. The van der Waals surface area contributed by atoms with Crippen molar-refractivity contribution < 1.29 is 43.2 Å². The lowest BCUT2D eigenvalue weighted by molar-refractivity contribution is -0.162. The van der Waals surface area contributed by atoms with Crippen LogP contribution in [-0.2, 0) is 43.4 Å². The first-order chi connectivity index (χ1) is 20.9. The maximum atomic E-state index is 12.9. The zero-order valence-electron chi connectivity index (χ0n) is 25.9. The fourth-order valence-corrected chi connectivity index (χ4v) is 4.18. The number of ether oxygens (including phenoxy) is 5. The molecule has 1 N–H and O–H groups in total. The third kappa shape index (κ3) is 10.2. The number of hydrogen-bond acceptors (Lipinski definition) is 10. The maximum Gasteiger partial charge on any atom is 0.410 e.